The Morgan fingerprint density at radius 2 is 2.09 bits per heavy atom. The van der Waals surface area contributed by atoms with Crippen LogP contribution >= 0.6 is 0 Å². The van der Waals surface area contributed by atoms with Crippen LogP contribution in [0.15, 0.2) is 42.7 Å². The molecule has 1 amide bonds. The number of carbonyl (C=O) groups is 1. The van der Waals surface area contributed by atoms with Gasteiger partial charge < -0.3 is 9.64 Å². The number of benzene rings is 1. The van der Waals surface area contributed by atoms with Gasteiger partial charge in [0, 0.05) is 19.7 Å². The van der Waals surface area contributed by atoms with Crippen LogP contribution in [-0.2, 0) is 11.3 Å². The predicted molar refractivity (Wildman–Crippen MR) is 82.1 cm³/mol. The molecule has 0 N–H and O–H groups in total. The van der Waals surface area contributed by atoms with Crippen LogP contribution in [0.25, 0.3) is 0 Å². The van der Waals surface area contributed by atoms with Crippen molar-refractivity contribution in [1.82, 2.24) is 15.1 Å². The molecule has 6 heteroatoms. The van der Waals surface area contributed by atoms with E-state index in [4.69, 9.17) is 4.74 Å². The zero-order chi connectivity index (χ0) is 16.1. The number of hydrogen-bond donors (Lipinski definition) is 0. The number of nitrogens with zero attached hydrogens (tertiary/aromatic N) is 3. The van der Waals surface area contributed by atoms with Gasteiger partial charge in [-0.1, -0.05) is 12.1 Å². The summed E-state index contributed by atoms with van der Waals surface area (Å²) in [6.07, 6.45) is 4.96. The normalized spacial score (nSPS) is 17.2. The van der Waals surface area contributed by atoms with E-state index >= 15 is 0 Å². The average Bonchev–Trinajstić information content (AvgIpc) is 3.09. The Kier molecular flexibility index (Phi) is 4.92. The highest BCUT2D eigenvalue weighted by atomic mass is 19.1. The number of ether oxygens (including phenoxy) is 1. The van der Waals surface area contributed by atoms with Gasteiger partial charge in [0.15, 0.2) is 0 Å². The number of rotatable bonds is 5. The minimum Gasteiger partial charge on any atom is -0.376 e. The standard InChI is InChI=1S/C17H18FN3O2/c18-15-5-3-13(4-6-15)11-21(12-16-2-1-9-23-16)17(22)14-7-8-19-20-10-14/h3-8,10,16H,1-2,9,11-12H2/t16-/m1/s1. The van der Waals surface area contributed by atoms with Crippen LogP contribution in [0.4, 0.5) is 4.39 Å². The van der Waals surface area contributed by atoms with E-state index < -0.39 is 0 Å². The predicted octanol–water partition coefficient (Wildman–Crippen LogP) is 2.44. The maximum absolute atomic E-state index is 13.1. The molecular weight excluding hydrogens is 297 g/mol. The van der Waals surface area contributed by atoms with Crippen molar-refractivity contribution in [2.24, 2.45) is 0 Å². The number of halogens is 1. The summed E-state index contributed by atoms with van der Waals surface area (Å²) in [4.78, 5) is 14.5. The van der Waals surface area contributed by atoms with Crippen molar-refractivity contribution in [2.45, 2.75) is 25.5 Å². The van der Waals surface area contributed by atoms with E-state index in [1.165, 1.54) is 24.5 Å². The molecular formula is C17H18FN3O2. The largest absolute Gasteiger partial charge is 0.376 e. The molecule has 1 saturated heterocycles. The van der Waals surface area contributed by atoms with Crippen molar-refractivity contribution in [3.05, 3.63) is 59.7 Å². The third-order valence-corrected chi connectivity index (χ3v) is 3.85. The van der Waals surface area contributed by atoms with Gasteiger partial charge in [-0.25, -0.2) is 4.39 Å². The summed E-state index contributed by atoms with van der Waals surface area (Å²) >= 11 is 0. The second-order valence-corrected chi connectivity index (χ2v) is 5.58. The van der Waals surface area contributed by atoms with Crippen LogP contribution in [0.5, 0.6) is 0 Å². The van der Waals surface area contributed by atoms with Gasteiger partial charge in [0.2, 0.25) is 0 Å². The maximum Gasteiger partial charge on any atom is 0.255 e. The first-order valence-electron chi connectivity index (χ1n) is 7.64. The van der Waals surface area contributed by atoms with Crippen molar-refractivity contribution in [3.63, 3.8) is 0 Å². The number of hydrogen-bond acceptors (Lipinski definition) is 4. The molecule has 0 bridgehead atoms. The number of amides is 1. The summed E-state index contributed by atoms with van der Waals surface area (Å²) in [5.41, 5.74) is 1.36. The lowest BCUT2D eigenvalue weighted by Gasteiger charge is -2.25. The lowest BCUT2D eigenvalue weighted by atomic mass is 10.1. The molecule has 0 unspecified atom stereocenters. The zero-order valence-electron chi connectivity index (χ0n) is 12.7. The van der Waals surface area contributed by atoms with Crippen LogP contribution in [0.1, 0.15) is 28.8 Å². The second kappa shape index (κ2) is 7.28. The van der Waals surface area contributed by atoms with Crippen LogP contribution in [0.3, 0.4) is 0 Å². The van der Waals surface area contributed by atoms with Gasteiger partial charge in [0.1, 0.15) is 5.82 Å². The minimum atomic E-state index is -0.288. The molecule has 1 aromatic carbocycles. The summed E-state index contributed by atoms with van der Waals surface area (Å²) < 4.78 is 18.7. The summed E-state index contributed by atoms with van der Waals surface area (Å²) in [7, 11) is 0. The van der Waals surface area contributed by atoms with Crippen LogP contribution in [-0.4, -0.2) is 40.3 Å². The monoisotopic (exact) mass is 315 g/mol. The Bertz CT molecular complexity index is 643. The van der Waals surface area contributed by atoms with Crippen LogP contribution in [0.2, 0.25) is 0 Å². The first-order valence-corrected chi connectivity index (χ1v) is 7.64. The molecule has 1 aliphatic rings. The van der Waals surface area contributed by atoms with Crippen molar-refractivity contribution in [3.8, 4) is 0 Å². The third-order valence-electron chi connectivity index (χ3n) is 3.85. The van der Waals surface area contributed by atoms with Gasteiger partial charge in [-0.05, 0) is 36.6 Å². The SMILES string of the molecule is O=C(c1ccnnc1)N(Cc1ccc(F)cc1)C[C@H]1CCCO1. The van der Waals surface area contributed by atoms with E-state index in [-0.39, 0.29) is 17.8 Å². The third kappa shape index (κ3) is 4.10. The molecule has 3 rings (SSSR count). The Hall–Kier alpha value is -2.34. The van der Waals surface area contributed by atoms with E-state index in [0.29, 0.717) is 18.7 Å². The Morgan fingerprint density at radius 3 is 2.74 bits per heavy atom. The smallest absolute Gasteiger partial charge is 0.255 e. The Labute approximate surface area is 134 Å². The van der Waals surface area contributed by atoms with Crippen molar-refractivity contribution in [2.75, 3.05) is 13.2 Å². The molecule has 1 aromatic heterocycles. The molecule has 1 atom stereocenters. The highest BCUT2D eigenvalue weighted by molar-refractivity contribution is 5.93. The Balaban J connectivity index is 1.77. The summed E-state index contributed by atoms with van der Waals surface area (Å²) in [6.45, 7) is 1.65. The lowest BCUT2D eigenvalue weighted by Crippen LogP contribution is -2.37. The van der Waals surface area contributed by atoms with Gasteiger partial charge in [-0.2, -0.15) is 10.2 Å². The molecule has 0 saturated carbocycles. The van der Waals surface area contributed by atoms with Gasteiger partial charge >= 0.3 is 0 Å². The van der Waals surface area contributed by atoms with Gasteiger partial charge in [0.05, 0.1) is 24.1 Å². The van der Waals surface area contributed by atoms with E-state index in [9.17, 15) is 9.18 Å². The first-order chi connectivity index (χ1) is 11.2. The molecule has 23 heavy (non-hydrogen) atoms. The second-order valence-electron chi connectivity index (χ2n) is 5.58. The quantitative estimate of drug-likeness (QED) is 0.850. The molecule has 1 fully saturated rings. The van der Waals surface area contributed by atoms with E-state index in [1.807, 2.05) is 0 Å². The Morgan fingerprint density at radius 1 is 1.26 bits per heavy atom. The lowest BCUT2D eigenvalue weighted by molar-refractivity contribution is 0.0507. The minimum absolute atomic E-state index is 0.0502. The molecule has 0 aliphatic carbocycles. The molecule has 2 heterocycles. The fraction of sp³-hybridized carbons (Fsp3) is 0.353. The van der Waals surface area contributed by atoms with Gasteiger partial charge in [-0.3, -0.25) is 4.79 Å². The van der Waals surface area contributed by atoms with Gasteiger partial charge in [0.25, 0.3) is 5.91 Å². The van der Waals surface area contributed by atoms with Crippen molar-refractivity contribution < 1.29 is 13.9 Å². The highest BCUT2D eigenvalue weighted by Crippen LogP contribution is 2.17. The van der Waals surface area contributed by atoms with Crippen LogP contribution < -0.4 is 0 Å². The molecule has 2 aromatic rings. The topological polar surface area (TPSA) is 55.3 Å². The molecule has 120 valence electrons. The summed E-state index contributed by atoms with van der Waals surface area (Å²) in [5, 5.41) is 7.46. The maximum atomic E-state index is 13.1. The molecule has 1 aliphatic heterocycles. The van der Waals surface area contributed by atoms with Crippen LogP contribution in [0, 0.1) is 5.82 Å². The average molecular weight is 315 g/mol. The van der Waals surface area contributed by atoms with Crippen molar-refractivity contribution >= 4 is 5.91 Å². The zero-order valence-corrected chi connectivity index (χ0v) is 12.7. The summed E-state index contributed by atoms with van der Waals surface area (Å²) in [5.74, 6) is -0.413. The first kappa shape index (κ1) is 15.6. The van der Waals surface area contributed by atoms with E-state index in [2.05, 4.69) is 10.2 Å². The highest BCUT2D eigenvalue weighted by Gasteiger charge is 2.23. The summed E-state index contributed by atoms with van der Waals surface area (Å²) in [6, 6.07) is 7.82. The van der Waals surface area contributed by atoms with E-state index in [0.717, 1.165) is 25.0 Å². The fourth-order valence-electron chi connectivity index (χ4n) is 2.66. The molecule has 0 spiro atoms. The fourth-order valence-corrected chi connectivity index (χ4v) is 2.66. The number of aromatic nitrogens is 2. The number of carbonyl (C=O) groups excluding carboxylic acids is 1. The molecule has 0 radical (unpaired) electrons. The molecule has 5 nitrogen and oxygen atoms in total. The van der Waals surface area contributed by atoms with E-state index in [1.54, 1.807) is 23.1 Å². The van der Waals surface area contributed by atoms with Gasteiger partial charge in [-0.15, -0.1) is 0 Å². The van der Waals surface area contributed by atoms with Crippen molar-refractivity contribution in [1.29, 1.82) is 0 Å².